The summed E-state index contributed by atoms with van der Waals surface area (Å²) in [6.45, 7) is 5.36. The summed E-state index contributed by atoms with van der Waals surface area (Å²) in [5.74, 6) is -0.394. The Hall–Kier alpha value is -1.09. The summed E-state index contributed by atoms with van der Waals surface area (Å²) in [5, 5.41) is 1.64. The van der Waals surface area contributed by atoms with Crippen LogP contribution in [0.25, 0.3) is 0 Å². The molecule has 0 aromatic rings. The van der Waals surface area contributed by atoms with Gasteiger partial charge in [-0.25, -0.2) is 4.79 Å². The van der Waals surface area contributed by atoms with Crippen LogP contribution in [0.1, 0.15) is 13.8 Å². The number of carbonyl (C=O) groups is 1. The molecule has 0 unspecified atom stereocenters. The van der Waals surface area contributed by atoms with E-state index in [9.17, 15) is 4.79 Å². The van der Waals surface area contributed by atoms with Gasteiger partial charge in [-0.2, -0.15) is 0 Å². The van der Waals surface area contributed by atoms with Gasteiger partial charge in [-0.15, -0.1) is 5.06 Å². The Kier molecular flexibility index (Phi) is 3.71. The maximum Gasteiger partial charge on any atom is 0.335 e. The first-order valence-electron chi connectivity index (χ1n) is 4.59. The molecule has 72 valence electrons. The molecule has 0 heterocycles. The van der Waals surface area contributed by atoms with Gasteiger partial charge in [0.15, 0.2) is 0 Å². The van der Waals surface area contributed by atoms with Crippen molar-refractivity contribution in [3.05, 3.63) is 24.3 Å². The van der Waals surface area contributed by atoms with E-state index in [-0.39, 0.29) is 11.9 Å². The van der Waals surface area contributed by atoms with Gasteiger partial charge in [0, 0.05) is 13.1 Å². The summed E-state index contributed by atoms with van der Waals surface area (Å²) in [6.07, 6.45) is 7.36. The second kappa shape index (κ2) is 4.82. The van der Waals surface area contributed by atoms with Gasteiger partial charge < -0.3 is 4.84 Å². The van der Waals surface area contributed by atoms with Gasteiger partial charge in [0.1, 0.15) is 0 Å². The average Bonchev–Trinajstić information content (AvgIpc) is 2.66. The molecule has 1 rings (SSSR count). The number of carbonyl (C=O) groups excluding carboxylic acids is 1. The fourth-order valence-electron chi connectivity index (χ4n) is 1.13. The second-order valence-corrected chi connectivity index (χ2v) is 2.82. The van der Waals surface area contributed by atoms with Gasteiger partial charge in [0.05, 0.1) is 5.92 Å². The Labute approximate surface area is 78.6 Å². The molecule has 0 saturated carbocycles. The molecule has 0 bridgehead atoms. The molecule has 0 atom stereocenters. The van der Waals surface area contributed by atoms with Crippen molar-refractivity contribution in [1.29, 1.82) is 0 Å². The van der Waals surface area contributed by atoms with Crippen LogP contribution in [0.3, 0.4) is 0 Å². The first-order valence-corrected chi connectivity index (χ1v) is 4.59. The highest BCUT2D eigenvalue weighted by Gasteiger charge is 2.18. The van der Waals surface area contributed by atoms with Crippen LogP contribution < -0.4 is 0 Å². The molecule has 3 heteroatoms. The van der Waals surface area contributed by atoms with Crippen molar-refractivity contribution in [2.45, 2.75) is 13.8 Å². The molecular formula is C10H15NO2. The molecule has 1 aliphatic carbocycles. The van der Waals surface area contributed by atoms with Gasteiger partial charge in [0.25, 0.3) is 0 Å². The molecule has 3 nitrogen and oxygen atoms in total. The number of hydrogen-bond donors (Lipinski definition) is 0. The van der Waals surface area contributed by atoms with E-state index in [1.165, 1.54) is 0 Å². The van der Waals surface area contributed by atoms with E-state index in [1.807, 2.05) is 38.2 Å². The maximum absolute atomic E-state index is 11.4. The Morgan fingerprint density at radius 2 is 1.85 bits per heavy atom. The van der Waals surface area contributed by atoms with Gasteiger partial charge in [0.2, 0.25) is 0 Å². The molecular weight excluding hydrogens is 166 g/mol. The number of rotatable bonds is 4. The third-order valence-corrected chi connectivity index (χ3v) is 1.94. The van der Waals surface area contributed by atoms with Crippen LogP contribution in [-0.2, 0) is 9.63 Å². The minimum absolute atomic E-state index is 0.194. The van der Waals surface area contributed by atoms with Crippen molar-refractivity contribution < 1.29 is 9.63 Å². The molecule has 0 spiro atoms. The van der Waals surface area contributed by atoms with E-state index in [1.54, 1.807) is 5.06 Å². The predicted octanol–water partition coefficient (Wildman–Crippen LogP) is 1.53. The zero-order valence-electron chi connectivity index (χ0n) is 8.06. The van der Waals surface area contributed by atoms with Crippen LogP contribution in [-0.4, -0.2) is 24.1 Å². The van der Waals surface area contributed by atoms with Crippen LogP contribution in [0.15, 0.2) is 24.3 Å². The lowest BCUT2D eigenvalue weighted by Crippen LogP contribution is -2.29. The van der Waals surface area contributed by atoms with E-state index >= 15 is 0 Å². The van der Waals surface area contributed by atoms with E-state index in [0.717, 1.165) is 13.1 Å². The fraction of sp³-hybridized carbons (Fsp3) is 0.500. The van der Waals surface area contributed by atoms with Crippen molar-refractivity contribution in [1.82, 2.24) is 5.06 Å². The van der Waals surface area contributed by atoms with E-state index in [4.69, 9.17) is 4.84 Å². The largest absolute Gasteiger partial charge is 0.367 e. The molecule has 0 aromatic heterocycles. The number of allylic oxidation sites excluding steroid dienone is 2. The standard InChI is InChI=1S/C10H15NO2/c1-3-11(4-2)13-10(12)9-7-5-6-8-9/h5-9H,3-4H2,1-2H3. The monoisotopic (exact) mass is 181 g/mol. The third-order valence-electron chi connectivity index (χ3n) is 1.94. The zero-order valence-corrected chi connectivity index (χ0v) is 8.06. The van der Waals surface area contributed by atoms with Crippen LogP contribution in [0.4, 0.5) is 0 Å². The molecule has 13 heavy (non-hydrogen) atoms. The highest BCUT2D eigenvalue weighted by molar-refractivity contribution is 5.77. The summed E-state index contributed by atoms with van der Waals surface area (Å²) < 4.78 is 0. The Bertz CT molecular complexity index is 217. The van der Waals surface area contributed by atoms with Crippen molar-refractivity contribution in [2.75, 3.05) is 13.1 Å². The quantitative estimate of drug-likeness (QED) is 0.616. The number of nitrogens with zero attached hydrogens (tertiary/aromatic N) is 1. The average molecular weight is 181 g/mol. The molecule has 0 saturated heterocycles. The SMILES string of the molecule is CCN(CC)OC(=O)C1C=CC=C1. The van der Waals surface area contributed by atoms with Crippen LogP contribution in [0.2, 0.25) is 0 Å². The first kappa shape index (κ1) is 9.99. The highest BCUT2D eigenvalue weighted by atomic mass is 16.7. The summed E-state index contributed by atoms with van der Waals surface area (Å²) in [7, 11) is 0. The molecule has 1 aliphatic rings. The Balaban J connectivity index is 2.40. The molecule has 0 amide bonds. The van der Waals surface area contributed by atoms with Crippen molar-refractivity contribution >= 4 is 5.97 Å². The fourth-order valence-corrected chi connectivity index (χ4v) is 1.13. The van der Waals surface area contributed by atoms with Crippen LogP contribution in [0, 0.1) is 5.92 Å². The minimum atomic E-state index is -0.200. The van der Waals surface area contributed by atoms with E-state index in [0.29, 0.717) is 0 Å². The van der Waals surface area contributed by atoms with E-state index < -0.39 is 0 Å². The maximum atomic E-state index is 11.4. The van der Waals surface area contributed by atoms with Gasteiger partial charge in [-0.3, -0.25) is 0 Å². The summed E-state index contributed by atoms with van der Waals surface area (Å²) in [5.41, 5.74) is 0. The van der Waals surface area contributed by atoms with Crippen molar-refractivity contribution in [3.8, 4) is 0 Å². The lowest BCUT2D eigenvalue weighted by atomic mass is 10.2. The van der Waals surface area contributed by atoms with Crippen LogP contribution >= 0.6 is 0 Å². The predicted molar refractivity (Wildman–Crippen MR) is 50.8 cm³/mol. The molecule has 0 aliphatic heterocycles. The van der Waals surface area contributed by atoms with Gasteiger partial charge in [-0.1, -0.05) is 24.3 Å². The molecule has 0 radical (unpaired) electrons. The second-order valence-electron chi connectivity index (χ2n) is 2.82. The van der Waals surface area contributed by atoms with Gasteiger partial charge in [-0.05, 0) is 13.8 Å². The lowest BCUT2D eigenvalue weighted by Gasteiger charge is -2.18. The topological polar surface area (TPSA) is 29.5 Å². The minimum Gasteiger partial charge on any atom is -0.367 e. The summed E-state index contributed by atoms with van der Waals surface area (Å²) in [6, 6.07) is 0. The zero-order chi connectivity index (χ0) is 9.68. The molecule has 0 N–H and O–H groups in total. The van der Waals surface area contributed by atoms with Crippen LogP contribution in [0.5, 0.6) is 0 Å². The Morgan fingerprint density at radius 1 is 1.31 bits per heavy atom. The van der Waals surface area contributed by atoms with Gasteiger partial charge >= 0.3 is 5.97 Å². The van der Waals surface area contributed by atoms with Crippen molar-refractivity contribution in [2.24, 2.45) is 5.92 Å². The first-order chi connectivity index (χ1) is 6.27. The lowest BCUT2D eigenvalue weighted by molar-refractivity contribution is -0.190. The van der Waals surface area contributed by atoms with Crippen molar-refractivity contribution in [3.63, 3.8) is 0 Å². The van der Waals surface area contributed by atoms with E-state index in [2.05, 4.69) is 0 Å². The number of hydroxylamine groups is 2. The third kappa shape index (κ3) is 2.70. The normalized spacial score (nSPS) is 15.6. The molecule has 0 fully saturated rings. The molecule has 0 aromatic carbocycles. The summed E-state index contributed by atoms with van der Waals surface area (Å²) >= 11 is 0. The number of hydrogen-bond acceptors (Lipinski definition) is 3. The summed E-state index contributed by atoms with van der Waals surface area (Å²) in [4.78, 5) is 16.5. The highest BCUT2D eigenvalue weighted by Crippen LogP contribution is 2.11. The smallest absolute Gasteiger partial charge is 0.335 e. The Morgan fingerprint density at radius 3 is 2.31 bits per heavy atom.